The molecule has 0 saturated carbocycles. The van der Waals surface area contributed by atoms with E-state index in [4.69, 9.17) is 5.73 Å². The van der Waals surface area contributed by atoms with E-state index in [0.29, 0.717) is 18.1 Å². The number of nitrogens with one attached hydrogen (secondary N) is 1. The molecule has 0 unspecified atom stereocenters. The van der Waals surface area contributed by atoms with Gasteiger partial charge in [0.05, 0.1) is 11.4 Å². The summed E-state index contributed by atoms with van der Waals surface area (Å²) >= 11 is 0. The molecule has 144 valence electrons. The molecule has 3 aromatic rings. The van der Waals surface area contributed by atoms with Gasteiger partial charge in [-0.25, -0.2) is 9.37 Å². The van der Waals surface area contributed by atoms with Crippen LogP contribution in [-0.4, -0.2) is 17.4 Å². The number of benzene rings is 2. The van der Waals surface area contributed by atoms with E-state index in [1.807, 2.05) is 23.1 Å². The Kier molecular flexibility index (Phi) is 6.22. The van der Waals surface area contributed by atoms with Crippen molar-refractivity contribution >= 4 is 28.8 Å². The topological polar surface area (TPSA) is 71.2 Å². The third-order valence-corrected chi connectivity index (χ3v) is 4.38. The molecule has 1 aromatic heterocycles. The molecule has 1 heterocycles. The van der Waals surface area contributed by atoms with Crippen molar-refractivity contribution in [3.8, 4) is 0 Å². The molecule has 2 aromatic carbocycles. The van der Waals surface area contributed by atoms with Gasteiger partial charge in [0.25, 0.3) is 0 Å². The molecular formula is C22H23FN4O. The fourth-order valence-electron chi connectivity index (χ4n) is 3.06. The molecule has 0 aliphatic heterocycles. The third kappa shape index (κ3) is 4.85. The molecule has 0 bridgehead atoms. The van der Waals surface area contributed by atoms with E-state index >= 15 is 0 Å². The maximum Gasteiger partial charge on any atom is 0.222 e. The second-order valence-corrected chi connectivity index (χ2v) is 6.49. The summed E-state index contributed by atoms with van der Waals surface area (Å²) in [5, 5.41) is 2.65. The van der Waals surface area contributed by atoms with Gasteiger partial charge >= 0.3 is 0 Å². The minimum atomic E-state index is -0.297. The van der Waals surface area contributed by atoms with Crippen LogP contribution < -0.4 is 16.0 Å². The fourth-order valence-corrected chi connectivity index (χ4v) is 3.06. The lowest BCUT2D eigenvalue weighted by atomic mass is 10.1. The van der Waals surface area contributed by atoms with Gasteiger partial charge in [0.1, 0.15) is 5.82 Å². The fraction of sp³-hybridized carbons (Fsp3) is 0.182. The average molecular weight is 378 g/mol. The van der Waals surface area contributed by atoms with Crippen LogP contribution in [0.3, 0.4) is 0 Å². The van der Waals surface area contributed by atoms with E-state index in [1.54, 1.807) is 24.4 Å². The molecule has 0 aliphatic rings. The average Bonchev–Trinajstić information content (AvgIpc) is 2.69. The molecule has 3 rings (SSSR count). The molecule has 0 aliphatic carbocycles. The third-order valence-electron chi connectivity index (χ3n) is 4.38. The number of aromatic nitrogens is 1. The van der Waals surface area contributed by atoms with Crippen molar-refractivity contribution in [3.63, 3.8) is 0 Å². The quantitative estimate of drug-likeness (QED) is 0.633. The van der Waals surface area contributed by atoms with E-state index in [-0.39, 0.29) is 11.7 Å². The number of halogens is 1. The van der Waals surface area contributed by atoms with Crippen LogP contribution in [0.25, 0.3) is 0 Å². The Balaban J connectivity index is 1.88. The van der Waals surface area contributed by atoms with Crippen LogP contribution in [0.1, 0.15) is 18.9 Å². The highest BCUT2D eigenvalue weighted by atomic mass is 19.1. The van der Waals surface area contributed by atoms with Gasteiger partial charge in [0.15, 0.2) is 5.82 Å². The number of hydrogen-bond acceptors (Lipinski definition) is 4. The summed E-state index contributed by atoms with van der Waals surface area (Å²) in [6.45, 7) is 2.08. The largest absolute Gasteiger partial charge is 0.394 e. The standard InChI is InChI=1S/C22H23FN4O/c1-16(28)26-22-21(24)20(13-14-25-22)27(19-11-9-18(23)10-12-19)15-5-8-17-6-3-2-4-7-17/h2-4,6-7,9-14H,5,8,15,24H2,1H3,(H,25,26,28). The molecule has 3 N–H and O–H groups in total. The van der Waals surface area contributed by atoms with Crippen LogP contribution >= 0.6 is 0 Å². The summed E-state index contributed by atoms with van der Waals surface area (Å²) in [6, 6.07) is 18.3. The Morgan fingerprint density at radius 1 is 1.11 bits per heavy atom. The lowest BCUT2D eigenvalue weighted by Crippen LogP contribution is -2.21. The summed E-state index contributed by atoms with van der Waals surface area (Å²) in [4.78, 5) is 17.6. The number of nitrogen functional groups attached to an aromatic ring is 1. The van der Waals surface area contributed by atoms with E-state index in [9.17, 15) is 9.18 Å². The lowest BCUT2D eigenvalue weighted by Gasteiger charge is -2.27. The zero-order valence-corrected chi connectivity index (χ0v) is 15.7. The van der Waals surface area contributed by atoms with E-state index < -0.39 is 0 Å². The first kappa shape index (κ1) is 19.4. The summed E-state index contributed by atoms with van der Waals surface area (Å²) in [6.07, 6.45) is 3.38. The molecule has 5 nitrogen and oxygen atoms in total. The Bertz CT molecular complexity index is 929. The highest BCUT2D eigenvalue weighted by Gasteiger charge is 2.16. The van der Waals surface area contributed by atoms with Crippen LogP contribution in [0.5, 0.6) is 0 Å². The number of nitrogens with zero attached hydrogens (tertiary/aromatic N) is 2. The van der Waals surface area contributed by atoms with Crippen LogP contribution in [0.4, 0.5) is 27.3 Å². The number of aryl methyl sites for hydroxylation is 1. The Hall–Kier alpha value is -3.41. The molecule has 0 spiro atoms. The van der Waals surface area contributed by atoms with Crippen molar-refractivity contribution in [2.24, 2.45) is 0 Å². The number of carbonyl (C=O) groups excluding carboxylic acids is 1. The number of nitrogens with two attached hydrogens (primary N) is 1. The van der Waals surface area contributed by atoms with Crippen molar-refractivity contribution in [1.29, 1.82) is 0 Å². The second-order valence-electron chi connectivity index (χ2n) is 6.49. The van der Waals surface area contributed by atoms with Gasteiger partial charge in [-0.15, -0.1) is 0 Å². The maximum atomic E-state index is 13.4. The van der Waals surface area contributed by atoms with Crippen LogP contribution in [0.15, 0.2) is 66.9 Å². The zero-order chi connectivity index (χ0) is 19.9. The van der Waals surface area contributed by atoms with Gasteiger partial charge in [-0.05, 0) is 48.7 Å². The number of hydrogen-bond donors (Lipinski definition) is 2. The van der Waals surface area contributed by atoms with Gasteiger partial charge in [-0.2, -0.15) is 0 Å². The van der Waals surface area contributed by atoms with Gasteiger partial charge in [-0.3, -0.25) is 4.79 Å². The first-order chi connectivity index (χ1) is 13.5. The van der Waals surface area contributed by atoms with Crippen molar-refractivity contribution < 1.29 is 9.18 Å². The second kappa shape index (κ2) is 8.99. The van der Waals surface area contributed by atoms with Gasteiger partial charge in [-0.1, -0.05) is 30.3 Å². The minimum Gasteiger partial charge on any atom is -0.394 e. The summed E-state index contributed by atoms with van der Waals surface area (Å²) in [7, 11) is 0. The molecule has 1 amide bonds. The first-order valence-corrected chi connectivity index (χ1v) is 9.13. The molecule has 0 atom stereocenters. The van der Waals surface area contributed by atoms with Gasteiger partial charge < -0.3 is 16.0 Å². The number of rotatable bonds is 7. The van der Waals surface area contributed by atoms with E-state index in [2.05, 4.69) is 22.4 Å². The predicted octanol–water partition coefficient (Wildman–Crippen LogP) is 4.53. The van der Waals surface area contributed by atoms with Crippen molar-refractivity contribution in [3.05, 3.63) is 78.2 Å². The minimum absolute atomic E-state index is 0.242. The number of pyridine rings is 1. The van der Waals surface area contributed by atoms with Gasteiger partial charge in [0, 0.05) is 25.4 Å². The molecule has 0 radical (unpaired) electrons. The smallest absolute Gasteiger partial charge is 0.222 e. The number of carbonyl (C=O) groups is 1. The zero-order valence-electron chi connectivity index (χ0n) is 15.7. The van der Waals surface area contributed by atoms with Crippen LogP contribution in [-0.2, 0) is 11.2 Å². The first-order valence-electron chi connectivity index (χ1n) is 9.13. The Morgan fingerprint density at radius 3 is 2.50 bits per heavy atom. The Labute approximate surface area is 164 Å². The highest BCUT2D eigenvalue weighted by molar-refractivity contribution is 5.94. The SMILES string of the molecule is CC(=O)Nc1nccc(N(CCCc2ccccc2)c2ccc(F)cc2)c1N. The molecule has 28 heavy (non-hydrogen) atoms. The van der Waals surface area contributed by atoms with E-state index in [1.165, 1.54) is 24.6 Å². The Morgan fingerprint density at radius 2 is 1.82 bits per heavy atom. The molecule has 6 heteroatoms. The molecule has 0 saturated heterocycles. The highest BCUT2D eigenvalue weighted by Crippen LogP contribution is 2.34. The van der Waals surface area contributed by atoms with Crippen molar-refractivity contribution in [2.75, 3.05) is 22.5 Å². The molecular weight excluding hydrogens is 355 g/mol. The summed E-state index contributed by atoms with van der Waals surface area (Å²) in [5.41, 5.74) is 9.46. The number of anilines is 4. The van der Waals surface area contributed by atoms with Gasteiger partial charge in [0.2, 0.25) is 5.91 Å². The summed E-state index contributed by atoms with van der Waals surface area (Å²) < 4.78 is 13.4. The lowest BCUT2D eigenvalue weighted by molar-refractivity contribution is -0.114. The maximum absolute atomic E-state index is 13.4. The monoisotopic (exact) mass is 378 g/mol. The van der Waals surface area contributed by atoms with Crippen molar-refractivity contribution in [2.45, 2.75) is 19.8 Å². The summed E-state index contributed by atoms with van der Waals surface area (Å²) in [5.74, 6) is -0.219. The van der Waals surface area contributed by atoms with Crippen molar-refractivity contribution in [1.82, 2.24) is 4.98 Å². The van der Waals surface area contributed by atoms with E-state index in [0.717, 1.165) is 24.2 Å². The molecule has 0 fully saturated rings. The van der Waals surface area contributed by atoms with Crippen LogP contribution in [0, 0.1) is 5.82 Å². The normalized spacial score (nSPS) is 10.5. The number of amides is 1. The van der Waals surface area contributed by atoms with Crippen LogP contribution in [0.2, 0.25) is 0 Å². The predicted molar refractivity (Wildman–Crippen MR) is 111 cm³/mol.